The molecule has 1 N–H and O–H groups in total. The van der Waals surface area contributed by atoms with Crippen molar-refractivity contribution in [1.29, 1.82) is 0 Å². The minimum atomic E-state index is -1.00. The molecule has 0 bridgehead atoms. The molecule has 22 heavy (non-hydrogen) atoms. The van der Waals surface area contributed by atoms with E-state index in [2.05, 4.69) is 0 Å². The lowest BCUT2D eigenvalue weighted by molar-refractivity contribution is -0.254. The lowest BCUT2D eigenvalue weighted by Crippen LogP contribution is -2.41. The predicted molar refractivity (Wildman–Crippen MR) is 83.3 cm³/mol. The van der Waals surface area contributed by atoms with Crippen LogP contribution in [0, 0.1) is 0 Å². The van der Waals surface area contributed by atoms with Gasteiger partial charge in [0.05, 0.1) is 18.3 Å². The first-order chi connectivity index (χ1) is 10.2. The highest BCUT2D eigenvalue weighted by Gasteiger charge is 2.39. The van der Waals surface area contributed by atoms with E-state index in [1.54, 1.807) is 6.07 Å². The molecule has 0 amide bonds. The Labute approximate surface area is 131 Å². The molecule has 2 rings (SSSR count). The quantitative estimate of drug-likeness (QED) is 0.687. The van der Waals surface area contributed by atoms with Crippen LogP contribution in [0.1, 0.15) is 68.2 Å². The molecule has 5 nitrogen and oxygen atoms in total. The molecule has 3 atom stereocenters. The third-order valence-electron chi connectivity index (χ3n) is 4.02. The summed E-state index contributed by atoms with van der Waals surface area (Å²) in [7, 11) is 1.37. The number of carbonyl (C=O) groups is 1. The molecule has 1 aromatic rings. The third-order valence-corrected chi connectivity index (χ3v) is 4.02. The molecule has 1 heterocycles. The normalized spacial score (nSPS) is 23.2. The van der Waals surface area contributed by atoms with E-state index < -0.39 is 12.0 Å². The maximum Gasteiger partial charge on any atom is 0.337 e. The van der Waals surface area contributed by atoms with Gasteiger partial charge in [-0.25, -0.2) is 9.69 Å². The van der Waals surface area contributed by atoms with Crippen molar-refractivity contribution in [3.8, 4) is 0 Å². The number of rotatable bonds is 3. The average molecular weight is 307 g/mol. The topological polar surface area (TPSA) is 59.0 Å². The Hall–Kier alpha value is -1.43. The van der Waals surface area contributed by atoms with E-state index in [9.17, 15) is 9.90 Å². The van der Waals surface area contributed by atoms with Crippen molar-refractivity contribution >= 4 is 5.97 Å². The van der Waals surface area contributed by atoms with E-state index in [1.807, 2.05) is 51.7 Å². The van der Waals surface area contributed by atoms with Gasteiger partial charge in [0, 0.05) is 12.1 Å². The number of aliphatic hydroxyl groups is 1. The molecule has 0 spiro atoms. The number of aliphatic hydroxyl groups excluding tert-OH is 1. The Morgan fingerprint density at radius 2 is 1.82 bits per heavy atom. The van der Waals surface area contributed by atoms with E-state index in [1.165, 1.54) is 7.11 Å². The van der Waals surface area contributed by atoms with Crippen LogP contribution in [0.4, 0.5) is 0 Å². The number of nitrogens with zero attached hydrogens (tertiary/aromatic N) is 1. The monoisotopic (exact) mass is 307 g/mol. The number of benzene rings is 1. The zero-order valence-electron chi connectivity index (χ0n) is 14.1. The Kier molecular flexibility index (Phi) is 4.61. The summed E-state index contributed by atoms with van der Waals surface area (Å²) >= 11 is 0. The van der Waals surface area contributed by atoms with Crippen LogP contribution in [0.5, 0.6) is 0 Å². The van der Waals surface area contributed by atoms with E-state index in [0.717, 1.165) is 11.1 Å². The summed E-state index contributed by atoms with van der Waals surface area (Å²) in [5, 5.41) is 10.4. The highest BCUT2D eigenvalue weighted by atomic mass is 16.6. The second-order valence-corrected chi connectivity index (χ2v) is 6.69. The number of fused-ring (bicyclic) bond motifs is 1. The van der Waals surface area contributed by atoms with E-state index >= 15 is 0 Å². The molecular formula is C17H25NO4. The van der Waals surface area contributed by atoms with Crippen LogP contribution in [0.25, 0.3) is 0 Å². The Morgan fingerprint density at radius 1 is 1.23 bits per heavy atom. The van der Waals surface area contributed by atoms with Crippen molar-refractivity contribution in [1.82, 2.24) is 4.90 Å². The zero-order valence-corrected chi connectivity index (χ0v) is 14.1. The van der Waals surface area contributed by atoms with Crippen LogP contribution in [0.15, 0.2) is 18.2 Å². The fourth-order valence-electron chi connectivity index (χ4n) is 2.98. The molecule has 122 valence electrons. The van der Waals surface area contributed by atoms with Gasteiger partial charge in [-0.3, -0.25) is 0 Å². The van der Waals surface area contributed by atoms with Gasteiger partial charge < -0.3 is 14.6 Å². The molecule has 0 saturated carbocycles. The molecule has 1 aliphatic heterocycles. The van der Waals surface area contributed by atoms with Crippen LogP contribution in [0.2, 0.25) is 0 Å². The second-order valence-electron chi connectivity index (χ2n) is 6.69. The Balaban J connectivity index is 2.30. The van der Waals surface area contributed by atoms with Gasteiger partial charge in [-0.15, -0.1) is 0 Å². The maximum atomic E-state index is 11.7. The lowest BCUT2D eigenvalue weighted by atomic mass is 10.0. The molecule has 0 saturated heterocycles. The molecule has 0 fully saturated rings. The van der Waals surface area contributed by atoms with Gasteiger partial charge >= 0.3 is 5.97 Å². The van der Waals surface area contributed by atoms with Gasteiger partial charge in [-0.05, 0) is 57.9 Å². The fraction of sp³-hybridized carbons (Fsp3) is 0.588. The maximum absolute atomic E-state index is 11.7. The second kappa shape index (κ2) is 5.99. The SMILES string of the molecule is COC(=O)c1ccc2c(c1)C(C)N(C(O)OC(C)(C)C)C2C. The van der Waals surface area contributed by atoms with E-state index in [-0.39, 0.29) is 18.1 Å². The van der Waals surface area contributed by atoms with Crippen molar-refractivity contribution in [2.75, 3.05) is 7.11 Å². The minimum Gasteiger partial charge on any atom is -0.465 e. The largest absolute Gasteiger partial charge is 0.465 e. The van der Waals surface area contributed by atoms with Crippen LogP contribution in [0.3, 0.4) is 0 Å². The smallest absolute Gasteiger partial charge is 0.337 e. The number of esters is 1. The van der Waals surface area contributed by atoms with Crippen molar-refractivity contribution < 1.29 is 19.4 Å². The zero-order chi connectivity index (χ0) is 16.7. The fourth-order valence-corrected chi connectivity index (χ4v) is 2.98. The first kappa shape index (κ1) is 16.9. The summed E-state index contributed by atoms with van der Waals surface area (Å²) in [6.07, 6.45) is -1.00. The first-order valence-electron chi connectivity index (χ1n) is 7.51. The van der Waals surface area contributed by atoms with Crippen LogP contribution >= 0.6 is 0 Å². The Bertz CT molecular complexity index is 564. The minimum absolute atomic E-state index is 0.00838. The summed E-state index contributed by atoms with van der Waals surface area (Å²) in [4.78, 5) is 13.6. The standard InChI is InChI=1S/C17H25NO4/c1-10-13-8-7-12(15(19)21-6)9-14(13)11(2)18(10)16(20)22-17(3,4)5/h7-11,16,20H,1-6H3. The lowest BCUT2D eigenvalue weighted by Gasteiger charge is -2.35. The van der Waals surface area contributed by atoms with Crippen molar-refractivity contribution in [2.45, 2.75) is 58.7 Å². The molecule has 1 aliphatic rings. The van der Waals surface area contributed by atoms with Crippen LogP contribution < -0.4 is 0 Å². The number of methoxy groups -OCH3 is 1. The highest BCUT2D eigenvalue weighted by molar-refractivity contribution is 5.89. The average Bonchev–Trinajstić information content (AvgIpc) is 2.67. The van der Waals surface area contributed by atoms with Gasteiger partial charge in [-0.1, -0.05) is 6.07 Å². The first-order valence-corrected chi connectivity index (χ1v) is 7.51. The number of hydrogen-bond acceptors (Lipinski definition) is 5. The van der Waals surface area contributed by atoms with Crippen molar-refractivity contribution in [3.05, 3.63) is 34.9 Å². The molecule has 1 aromatic carbocycles. The molecule has 5 heteroatoms. The number of carbonyl (C=O) groups excluding carboxylic acids is 1. The van der Waals surface area contributed by atoms with E-state index in [4.69, 9.17) is 9.47 Å². The third kappa shape index (κ3) is 3.16. The van der Waals surface area contributed by atoms with Gasteiger partial charge in [0.15, 0.2) is 0 Å². The molecular weight excluding hydrogens is 282 g/mol. The summed E-state index contributed by atoms with van der Waals surface area (Å²) in [5.74, 6) is -0.354. The predicted octanol–water partition coefficient (Wildman–Crippen LogP) is 3.00. The van der Waals surface area contributed by atoms with Gasteiger partial charge in [0.25, 0.3) is 0 Å². The van der Waals surface area contributed by atoms with Gasteiger partial charge in [0.2, 0.25) is 6.41 Å². The van der Waals surface area contributed by atoms with Crippen LogP contribution in [-0.4, -0.2) is 35.1 Å². The molecule has 0 radical (unpaired) electrons. The summed E-state index contributed by atoms with van der Waals surface area (Å²) in [6, 6.07) is 5.48. The Morgan fingerprint density at radius 3 is 2.36 bits per heavy atom. The summed E-state index contributed by atoms with van der Waals surface area (Å²) in [6.45, 7) is 9.74. The van der Waals surface area contributed by atoms with Crippen molar-refractivity contribution in [2.24, 2.45) is 0 Å². The van der Waals surface area contributed by atoms with Crippen LogP contribution in [-0.2, 0) is 9.47 Å². The number of hydrogen-bond donors (Lipinski definition) is 1. The number of ether oxygens (including phenoxy) is 2. The molecule has 0 aromatic heterocycles. The molecule has 0 aliphatic carbocycles. The van der Waals surface area contributed by atoms with Gasteiger partial charge in [0.1, 0.15) is 0 Å². The highest BCUT2D eigenvalue weighted by Crippen LogP contribution is 2.43. The van der Waals surface area contributed by atoms with Gasteiger partial charge in [-0.2, -0.15) is 0 Å². The summed E-state index contributed by atoms with van der Waals surface area (Å²) < 4.78 is 10.5. The molecule has 3 unspecified atom stereocenters. The van der Waals surface area contributed by atoms with Crippen molar-refractivity contribution in [3.63, 3.8) is 0 Å². The van der Waals surface area contributed by atoms with E-state index in [0.29, 0.717) is 5.56 Å². The summed E-state index contributed by atoms with van der Waals surface area (Å²) in [5.41, 5.74) is 2.20.